The molecule has 1 aliphatic rings. The molecule has 20 heavy (non-hydrogen) atoms. The summed E-state index contributed by atoms with van der Waals surface area (Å²) >= 11 is 4.19. The van der Waals surface area contributed by atoms with Crippen LogP contribution < -0.4 is 10.5 Å². The van der Waals surface area contributed by atoms with Crippen molar-refractivity contribution in [3.63, 3.8) is 0 Å². The minimum atomic E-state index is 0.0204. The monoisotopic (exact) mass is 295 g/mol. The lowest BCUT2D eigenvalue weighted by Crippen LogP contribution is -2.34. The normalized spacial score (nSPS) is 16.6. The zero-order valence-corrected chi connectivity index (χ0v) is 13.2. The second-order valence-electron chi connectivity index (χ2n) is 5.73. The van der Waals surface area contributed by atoms with Crippen LogP contribution in [0.25, 0.3) is 0 Å². The Hall–Kier alpha value is -0.970. The highest BCUT2D eigenvalue weighted by molar-refractivity contribution is 7.80. The molecule has 1 saturated heterocycles. The number of nitrogens with zero attached hydrogens (tertiary/aromatic N) is 3. The van der Waals surface area contributed by atoms with Crippen LogP contribution in [0.1, 0.15) is 39.0 Å². The quantitative estimate of drug-likeness (QED) is 0.647. The average Bonchev–Trinajstić information content (AvgIpc) is 2.46. The molecule has 112 valence electrons. The predicted molar refractivity (Wildman–Crippen MR) is 86.8 cm³/mol. The Labute approximate surface area is 126 Å². The van der Waals surface area contributed by atoms with E-state index in [9.17, 15) is 4.79 Å². The largest absolute Gasteiger partial charge is 0.370 e. The second kappa shape index (κ2) is 7.72. The van der Waals surface area contributed by atoms with Crippen molar-refractivity contribution in [2.24, 2.45) is 5.92 Å². The summed E-state index contributed by atoms with van der Waals surface area (Å²) < 4.78 is 1.58. The number of piperidine rings is 1. The van der Waals surface area contributed by atoms with E-state index < -0.39 is 0 Å². The van der Waals surface area contributed by atoms with Crippen LogP contribution in [-0.4, -0.2) is 28.6 Å². The Kier molecular flexibility index (Phi) is 5.95. The summed E-state index contributed by atoms with van der Waals surface area (Å²) in [6, 6.07) is 1.74. The van der Waals surface area contributed by atoms with E-state index in [1.54, 1.807) is 10.7 Å². The second-order valence-corrected chi connectivity index (χ2v) is 6.18. The van der Waals surface area contributed by atoms with Crippen molar-refractivity contribution in [2.45, 2.75) is 45.6 Å². The lowest BCUT2D eigenvalue weighted by Gasteiger charge is -2.31. The minimum Gasteiger partial charge on any atom is -0.370 e. The van der Waals surface area contributed by atoms with Crippen LogP contribution in [0.15, 0.2) is 17.1 Å². The fourth-order valence-corrected chi connectivity index (χ4v) is 2.81. The molecule has 0 saturated carbocycles. The van der Waals surface area contributed by atoms with E-state index in [0.717, 1.165) is 49.7 Å². The molecule has 0 aromatic carbocycles. The van der Waals surface area contributed by atoms with E-state index in [1.165, 1.54) is 12.8 Å². The van der Waals surface area contributed by atoms with Gasteiger partial charge in [-0.1, -0.05) is 13.3 Å². The predicted octanol–water partition coefficient (Wildman–Crippen LogP) is 2.58. The maximum Gasteiger partial charge on any atom is 0.268 e. The Morgan fingerprint density at radius 2 is 2.05 bits per heavy atom. The number of unbranched alkanes of at least 4 members (excludes halogenated alkanes) is 2. The summed E-state index contributed by atoms with van der Waals surface area (Å²) in [4.78, 5) is 14.3. The molecule has 0 radical (unpaired) electrons. The highest BCUT2D eigenvalue weighted by Gasteiger charge is 2.16. The number of hydrogen-bond acceptors (Lipinski definition) is 4. The Bertz CT molecular complexity index is 466. The fraction of sp³-hybridized carbons (Fsp3) is 0.733. The van der Waals surface area contributed by atoms with Crippen LogP contribution in [0.4, 0.5) is 5.69 Å². The number of hydrogen-bond donors (Lipinski definition) is 1. The van der Waals surface area contributed by atoms with Gasteiger partial charge in [-0.05, 0) is 37.4 Å². The van der Waals surface area contributed by atoms with Crippen LogP contribution in [0.3, 0.4) is 0 Å². The van der Waals surface area contributed by atoms with Crippen molar-refractivity contribution in [2.75, 3.05) is 23.7 Å². The first kappa shape index (κ1) is 15.4. The highest BCUT2D eigenvalue weighted by atomic mass is 32.1. The van der Waals surface area contributed by atoms with Crippen LogP contribution in [-0.2, 0) is 6.54 Å². The minimum absolute atomic E-state index is 0.0204. The summed E-state index contributed by atoms with van der Waals surface area (Å²) in [7, 11) is 0. The first-order chi connectivity index (χ1) is 9.70. The van der Waals surface area contributed by atoms with Gasteiger partial charge in [-0.3, -0.25) is 4.79 Å². The standard InChI is InChI=1S/C15H25N3OS/c1-13-5-8-17(9-6-13)14-11-15(19)18(16-12-14)7-3-2-4-10-20/h11-13,20H,2-10H2,1H3. The molecule has 0 atom stereocenters. The van der Waals surface area contributed by atoms with Crippen molar-refractivity contribution in [3.05, 3.63) is 22.6 Å². The smallest absolute Gasteiger partial charge is 0.268 e. The Morgan fingerprint density at radius 1 is 1.30 bits per heavy atom. The average molecular weight is 295 g/mol. The topological polar surface area (TPSA) is 38.1 Å². The molecule has 0 bridgehead atoms. The van der Waals surface area contributed by atoms with Crippen molar-refractivity contribution < 1.29 is 0 Å². The molecular weight excluding hydrogens is 270 g/mol. The Balaban J connectivity index is 1.93. The third-order valence-corrected chi connectivity index (χ3v) is 4.35. The molecule has 0 unspecified atom stereocenters. The first-order valence-corrected chi connectivity index (χ1v) is 8.27. The number of aromatic nitrogens is 2. The molecule has 0 spiro atoms. The molecule has 1 aromatic rings. The molecule has 2 rings (SSSR count). The van der Waals surface area contributed by atoms with Gasteiger partial charge in [0.25, 0.3) is 5.56 Å². The molecule has 5 heteroatoms. The number of aryl methyl sites for hydroxylation is 1. The summed E-state index contributed by atoms with van der Waals surface area (Å²) in [5.74, 6) is 1.71. The van der Waals surface area contributed by atoms with Gasteiger partial charge in [0.05, 0.1) is 11.9 Å². The van der Waals surface area contributed by atoms with Crippen LogP contribution >= 0.6 is 12.6 Å². The lowest BCUT2D eigenvalue weighted by molar-refractivity contribution is 0.437. The SMILES string of the molecule is CC1CCN(c2cnn(CCCCCS)c(=O)c2)CC1. The summed E-state index contributed by atoms with van der Waals surface area (Å²) in [6.45, 7) is 5.07. The fourth-order valence-electron chi connectivity index (χ4n) is 2.58. The zero-order valence-electron chi connectivity index (χ0n) is 12.3. The first-order valence-electron chi connectivity index (χ1n) is 7.63. The van der Waals surface area contributed by atoms with Crippen molar-refractivity contribution >= 4 is 18.3 Å². The zero-order chi connectivity index (χ0) is 14.4. The van der Waals surface area contributed by atoms with Gasteiger partial charge in [0, 0.05) is 25.7 Å². The maximum absolute atomic E-state index is 12.1. The molecule has 0 N–H and O–H groups in total. The van der Waals surface area contributed by atoms with Gasteiger partial charge in [0.2, 0.25) is 0 Å². The summed E-state index contributed by atoms with van der Waals surface area (Å²) in [5.41, 5.74) is 1.00. The highest BCUT2D eigenvalue weighted by Crippen LogP contribution is 2.20. The number of thiol groups is 1. The lowest BCUT2D eigenvalue weighted by atomic mass is 9.99. The summed E-state index contributed by atoms with van der Waals surface area (Å²) in [5, 5.41) is 4.31. The summed E-state index contributed by atoms with van der Waals surface area (Å²) in [6.07, 6.45) is 7.44. The molecular formula is C15H25N3OS. The molecule has 1 aromatic heterocycles. The molecule has 1 aliphatic heterocycles. The maximum atomic E-state index is 12.1. The van der Waals surface area contributed by atoms with Crippen molar-refractivity contribution in [1.29, 1.82) is 0 Å². The van der Waals surface area contributed by atoms with Crippen LogP contribution in [0.2, 0.25) is 0 Å². The molecule has 1 fully saturated rings. The third-order valence-electron chi connectivity index (χ3n) is 4.03. The van der Waals surface area contributed by atoms with E-state index in [-0.39, 0.29) is 5.56 Å². The van der Waals surface area contributed by atoms with Gasteiger partial charge in [-0.2, -0.15) is 17.7 Å². The van der Waals surface area contributed by atoms with Gasteiger partial charge < -0.3 is 4.90 Å². The van der Waals surface area contributed by atoms with Crippen LogP contribution in [0.5, 0.6) is 0 Å². The van der Waals surface area contributed by atoms with E-state index in [0.29, 0.717) is 6.54 Å². The van der Waals surface area contributed by atoms with Gasteiger partial charge in [0.15, 0.2) is 0 Å². The van der Waals surface area contributed by atoms with E-state index in [4.69, 9.17) is 0 Å². The van der Waals surface area contributed by atoms with E-state index in [1.807, 2.05) is 6.20 Å². The van der Waals surface area contributed by atoms with Crippen LogP contribution in [0, 0.1) is 5.92 Å². The third kappa shape index (κ3) is 4.27. The molecule has 2 heterocycles. The molecule has 0 aliphatic carbocycles. The van der Waals surface area contributed by atoms with Crippen molar-refractivity contribution in [1.82, 2.24) is 9.78 Å². The number of rotatable bonds is 6. The van der Waals surface area contributed by atoms with Gasteiger partial charge >= 0.3 is 0 Å². The van der Waals surface area contributed by atoms with E-state index in [2.05, 4.69) is 29.6 Å². The van der Waals surface area contributed by atoms with E-state index >= 15 is 0 Å². The van der Waals surface area contributed by atoms with Gasteiger partial charge in [-0.15, -0.1) is 0 Å². The number of anilines is 1. The van der Waals surface area contributed by atoms with Gasteiger partial charge in [0.1, 0.15) is 0 Å². The molecule has 4 nitrogen and oxygen atoms in total. The molecule has 0 amide bonds. The van der Waals surface area contributed by atoms with Gasteiger partial charge in [-0.25, -0.2) is 4.68 Å². The van der Waals surface area contributed by atoms with Crippen molar-refractivity contribution in [3.8, 4) is 0 Å². The Morgan fingerprint density at radius 3 is 2.70 bits per heavy atom.